The van der Waals surface area contributed by atoms with Crippen molar-refractivity contribution < 1.29 is 0 Å². The van der Waals surface area contributed by atoms with Gasteiger partial charge in [0, 0.05) is 20.4 Å². The van der Waals surface area contributed by atoms with Crippen molar-refractivity contribution in [2.75, 3.05) is 0 Å². The Kier molecular flexibility index (Phi) is 4.43. The molecule has 1 heterocycles. The zero-order chi connectivity index (χ0) is 14.0. The molecule has 1 unspecified atom stereocenters. The molecule has 0 bridgehead atoms. The van der Waals surface area contributed by atoms with E-state index in [1.807, 2.05) is 16.8 Å². The average Bonchev–Trinajstić information content (AvgIpc) is 2.78. The van der Waals surface area contributed by atoms with Gasteiger partial charge in [-0.05, 0) is 12.1 Å². The maximum absolute atomic E-state index is 6.31. The van der Waals surface area contributed by atoms with Crippen molar-refractivity contribution in [2.24, 2.45) is 0 Å². The maximum atomic E-state index is 6.31. The van der Waals surface area contributed by atoms with Crippen LogP contribution in [-0.2, 0) is 0 Å². The number of nitrogens with zero attached hydrogens (tertiary/aromatic N) is 3. The first-order valence-electron chi connectivity index (χ1n) is 5.84. The molecule has 1 aromatic carbocycles. The minimum atomic E-state index is -0.0210. The minimum absolute atomic E-state index is 0.0210. The lowest BCUT2D eigenvalue weighted by molar-refractivity contribution is 0.655. The third-order valence-electron chi connectivity index (χ3n) is 2.37. The second-order valence-electron chi connectivity index (χ2n) is 5.12. The van der Waals surface area contributed by atoms with Crippen LogP contribution < -0.4 is 0 Å². The van der Waals surface area contributed by atoms with Crippen LogP contribution in [0.2, 0.25) is 10.0 Å². The summed E-state index contributed by atoms with van der Waals surface area (Å²) in [6.45, 7) is 6.47. The van der Waals surface area contributed by atoms with Crippen LogP contribution in [0.4, 0.5) is 0 Å². The van der Waals surface area contributed by atoms with Gasteiger partial charge in [0.25, 0.3) is 0 Å². The molecule has 19 heavy (non-hydrogen) atoms. The second-order valence-corrected chi connectivity index (χ2v) is 7.87. The number of aromatic nitrogens is 3. The first-order valence-corrected chi connectivity index (χ1v) is 7.47. The third kappa shape index (κ3) is 3.88. The van der Waals surface area contributed by atoms with Gasteiger partial charge in [-0.1, -0.05) is 50.0 Å². The van der Waals surface area contributed by atoms with E-state index in [1.54, 1.807) is 24.2 Å². The normalized spacial score (nSPS) is 13.5. The number of benzene rings is 1. The number of rotatable bonds is 3. The van der Waals surface area contributed by atoms with E-state index in [1.165, 1.54) is 6.33 Å². The monoisotopic (exact) mass is 315 g/mol. The minimum Gasteiger partial charge on any atom is -0.235 e. The van der Waals surface area contributed by atoms with Crippen LogP contribution >= 0.6 is 35.0 Å². The summed E-state index contributed by atoms with van der Waals surface area (Å²) in [5, 5.41) is 5.49. The smallest absolute Gasteiger partial charge is 0.137 e. The molecule has 0 aliphatic rings. The molecule has 0 radical (unpaired) electrons. The Bertz CT molecular complexity index is 550. The lowest BCUT2D eigenvalue weighted by atomic mass is 10.2. The molecule has 3 nitrogen and oxygen atoms in total. The Morgan fingerprint density at radius 3 is 2.53 bits per heavy atom. The molecule has 2 rings (SSSR count). The van der Waals surface area contributed by atoms with Gasteiger partial charge in [-0.3, -0.25) is 0 Å². The van der Waals surface area contributed by atoms with Crippen molar-refractivity contribution in [3.05, 3.63) is 46.5 Å². The highest BCUT2D eigenvalue weighted by Crippen LogP contribution is 2.41. The zero-order valence-electron chi connectivity index (χ0n) is 11.0. The molecule has 1 aromatic heterocycles. The fraction of sp³-hybridized carbons (Fsp3) is 0.385. The maximum Gasteiger partial charge on any atom is 0.137 e. The summed E-state index contributed by atoms with van der Waals surface area (Å²) in [5.74, 6) is 0. The predicted molar refractivity (Wildman–Crippen MR) is 82.0 cm³/mol. The second kappa shape index (κ2) is 5.73. The van der Waals surface area contributed by atoms with E-state index in [2.05, 4.69) is 30.9 Å². The predicted octanol–water partition coefficient (Wildman–Crippen LogP) is 4.66. The lowest BCUT2D eigenvalue weighted by Crippen LogP contribution is -2.17. The summed E-state index contributed by atoms with van der Waals surface area (Å²) in [6.07, 6.45) is 3.23. The highest BCUT2D eigenvalue weighted by Gasteiger charge is 2.24. The summed E-state index contributed by atoms with van der Waals surface area (Å²) in [7, 11) is 0. The van der Waals surface area contributed by atoms with Crippen molar-refractivity contribution in [3.8, 4) is 0 Å². The molecule has 0 amide bonds. The summed E-state index contributed by atoms with van der Waals surface area (Å²) in [4.78, 5) is 4.02. The molecule has 0 spiro atoms. The molecular weight excluding hydrogens is 301 g/mol. The van der Waals surface area contributed by atoms with Crippen LogP contribution in [0.5, 0.6) is 0 Å². The fourth-order valence-corrected chi connectivity index (χ4v) is 3.43. The third-order valence-corrected chi connectivity index (χ3v) is 4.33. The van der Waals surface area contributed by atoms with Gasteiger partial charge in [-0.25, -0.2) is 9.67 Å². The van der Waals surface area contributed by atoms with Gasteiger partial charge >= 0.3 is 0 Å². The van der Waals surface area contributed by atoms with Gasteiger partial charge in [-0.15, -0.1) is 11.8 Å². The fourth-order valence-electron chi connectivity index (χ4n) is 1.64. The first kappa shape index (κ1) is 14.7. The molecule has 0 fully saturated rings. The largest absolute Gasteiger partial charge is 0.235 e. The Balaban J connectivity index is 2.43. The van der Waals surface area contributed by atoms with Crippen molar-refractivity contribution in [1.29, 1.82) is 0 Å². The van der Waals surface area contributed by atoms with Gasteiger partial charge in [0.1, 0.15) is 18.0 Å². The molecule has 0 saturated heterocycles. The Labute approximate surface area is 127 Å². The molecule has 1 atom stereocenters. The van der Waals surface area contributed by atoms with Crippen LogP contribution in [0.15, 0.2) is 30.9 Å². The van der Waals surface area contributed by atoms with E-state index in [-0.39, 0.29) is 10.1 Å². The highest BCUT2D eigenvalue weighted by molar-refractivity contribution is 8.00. The Morgan fingerprint density at radius 1 is 1.26 bits per heavy atom. The lowest BCUT2D eigenvalue weighted by Gasteiger charge is -2.26. The van der Waals surface area contributed by atoms with Crippen molar-refractivity contribution in [3.63, 3.8) is 0 Å². The van der Waals surface area contributed by atoms with Crippen molar-refractivity contribution in [2.45, 2.75) is 30.9 Å². The summed E-state index contributed by atoms with van der Waals surface area (Å²) >= 11 is 14.0. The van der Waals surface area contributed by atoms with E-state index in [4.69, 9.17) is 23.2 Å². The molecular formula is C13H15Cl2N3S. The van der Waals surface area contributed by atoms with Crippen LogP contribution in [0.25, 0.3) is 0 Å². The van der Waals surface area contributed by atoms with Crippen molar-refractivity contribution in [1.82, 2.24) is 14.8 Å². The molecule has 102 valence electrons. The molecule has 0 saturated carbocycles. The number of hydrogen-bond donors (Lipinski definition) is 0. The van der Waals surface area contributed by atoms with Crippen LogP contribution in [0.1, 0.15) is 31.7 Å². The SMILES string of the molecule is CC(C)(C)SC(c1ccc(Cl)cc1Cl)n1cncn1. The zero-order valence-corrected chi connectivity index (χ0v) is 13.3. The standard InChI is InChI=1S/C13H15Cl2N3S/c1-13(2,3)19-12(18-8-16-7-17-18)10-5-4-9(14)6-11(10)15/h4-8,12H,1-3H3. The van der Waals surface area contributed by atoms with Crippen molar-refractivity contribution >= 4 is 35.0 Å². The molecule has 6 heteroatoms. The average molecular weight is 316 g/mol. The number of hydrogen-bond acceptors (Lipinski definition) is 3. The van der Waals surface area contributed by atoms with Gasteiger partial charge in [0.05, 0.1) is 0 Å². The Hall–Kier alpha value is -0.710. The highest BCUT2D eigenvalue weighted by atomic mass is 35.5. The van der Waals surface area contributed by atoms with Gasteiger partial charge in [-0.2, -0.15) is 5.10 Å². The van der Waals surface area contributed by atoms with Gasteiger partial charge in [0.15, 0.2) is 0 Å². The summed E-state index contributed by atoms with van der Waals surface area (Å²) < 4.78 is 1.88. The first-order chi connectivity index (χ1) is 8.87. The molecule has 0 aliphatic heterocycles. The van der Waals surface area contributed by atoms with E-state index < -0.39 is 0 Å². The topological polar surface area (TPSA) is 30.7 Å². The Morgan fingerprint density at radius 2 is 2.00 bits per heavy atom. The quantitative estimate of drug-likeness (QED) is 0.825. The number of halogens is 2. The van der Waals surface area contributed by atoms with Crippen LogP contribution in [0.3, 0.4) is 0 Å². The van der Waals surface area contributed by atoms with Crippen LogP contribution in [-0.4, -0.2) is 19.5 Å². The molecule has 2 aromatic rings. The summed E-state index contributed by atoms with van der Waals surface area (Å²) in [6, 6.07) is 5.54. The van der Waals surface area contributed by atoms with Gasteiger partial charge < -0.3 is 0 Å². The van der Waals surface area contributed by atoms with E-state index in [0.717, 1.165) is 5.56 Å². The van der Waals surface area contributed by atoms with E-state index in [9.17, 15) is 0 Å². The van der Waals surface area contributed by atoms with E-state index >= 15 is 0 Å². The van der Waals surface area contributed by atoms with Crippen LogP contribution in [0, 0.1) is 0 Å². The van der Waals surface area contributed by atoms with Gasteiger partial charge in [0.2, 0.25) is 0 Å². The number of thioether (sulfide) groups is 1. The molecule has 0 N–H and O–H groups in total. The summed E-state index contributed by atoms with van der Waals surface area (Å²) in [5.41, 5.74) is 0.983. The molecule has 0 aliphatic carbocycles. The van der Waals surface area contributed by atoms with E-state index in [0.29, 0.717) is 10.0 Å².